The van der Waals surface area contributed by atoms with Crippen LogP contribution in [0.1, 0.15) is 22.4 Å². The van der Waals surface area contributed by atoms with Crippen molar-refractivity contribution in [1.29, 1.82) is 5.26 Å². The highest BCUT2D eigenvalue weighted by Gasteiger charge is 2.32. The number of fused-ring (bicyclic) bond motifs is 1. The monoisotopic (exact) mass is 419 g/mol. The van der Waals surface area contributed by atoms with Crippen LogP contribution in [0.5, 0.6) is 0 Å². The van der Waals surface area contributed by atoms with E-state index >= 15 is 0 Å². The van der Waals surface area contributed by atoms with Gasteiger partial charge in [0, 0.05) is 31.0 Å². The van der Waals surface area contributed by atoms with Gasteiger partial charge in [0.25, 0.3) is 0 Å². The van der Waals surface area contributed by atoms with Crippen molar-refractivity contribution in [3.8, 4) is 6.07 Å². The van der Waals surface area contributed by atoms with Crippen LogP contribution in [0.2, 0.25) is 0 Å². The number of nitriles is 1. The van der Waals surface area contributed by atoms with E-state index in [2.05, 4.69) is 16.0 Å². The van der Waals surface area contributed by atoms with Gasteiger partial charge in [-0.3, -0.25) is 4.90 Å². The molecule has 31 heavy (non-hydrogen) atoms. The second-order valence-corrected chi connectivity index (χ2v) is 7.69. The largest absolute Gasteiger partial charge is 0.465 e. The first-order chi connectivity index (χ1) is 15.0. The molecule has 0 spiro atoms. The molecule has 158 valence electrons. The highest BCUT2D eigenvalue weighted by molar-refractivity contribution is 5.67. The van der Waals surface area contributed by atoms with Crippen LogP contribution in [-0.2, 0) is 26.6 Å². The Bertz CT molecular complexity index is 1150. The number of nitrogens with zero attached hydrogens (tertiary/aromatic N) is 5. The van der Waals surface area contributed by atoms with Gasteiger partial charge in [-0.2, -0.15) is 5.26 Å². The number of rotatable bonds is 5. The molecule has 0 saturated heterocycles. The average Bonchev–Trinajstić information content (AvgIpc) is 3.16. The van der Waals surface area contributed by atoms with Crippen molar-refractivity contribution in [3.05, 3.63) is 83.2 Å². The third kappa shape index (κ3) is 4.21. The Morgan fingerprint density at radius 2 is 2.16 bits per heavy atom. The van der Waals surface area contributed by atoms with Gasteiger partial charge in [-0.25, -0.2) is 14.2 Å². The first-order valence-corrected chi connectivity index (χ1v) is 9.92. The first kappa shape index (κ1) is 20.4. The number of amides is 1. The van der Waals surface area contributed by atoms with Gasteiger partial charge < -0.3 is 14.6 Å². The number of halogens is 1. The second kappa shape index (κ2) is 8.48. The molecule has 7 nitrogen and oxygen atoms in total. The Morgan fingerprint density at radius 3 is 2.84 bits per heavy atom. The predicted octanol–water partition coefficient (Wildman–Crippen LogP) is 3.54. The Labute approximate surface area is 179 Å². The Hall–Kier alpha value is -3.86. The number of carbonyl (C=O) groups is 1. The normalized spacial score (nSPS) is 15.3. The van der Waals surface area contributed by atoms with E-state index in [-0.39, 0.29) is 6.54 Å². The zero-order valence-electron chi connectivity index (χ0n) is 17.1. The fourth-order valence-electron chi connectivity index (χ4n) is 4.05. The number of anilines is 1. The van der Waals surface area contributed by atoms with Crippen LogP contribution >= 0.6 is 0 Å². The van der Waals surface area contributed by atoms with E-state index in [1.807, 2.05) is 17.7 Å². The molecule has 0 fully saturated rings. The number of imidazole rings is 1. The minimum Gasteiger partial charge on any atom is -0.465 e. The van der Waals surface area contributed by atoms with Gasteiger partial charge in [-0.1, -0.05) is 18.2 Å². The van der Waals surface area contributed by atoms with Crippen LogP contribution in [0.15, 0.2) is 55.0 Å². The van der Waals surface area contributed by atoms with E-state index in [1.165, 1.54) is 11.0 Å². The summed E-state index contributed by atoms with van der Waals surface area (Å²) < 4.78 is 16.1. The van der Waals surface area contributed by atoms with E-state index < -0.39 is 18.0 Å². The molecule has 1 amide bonds. The first-order valence-electron chi connectivity index (χ1n) is 9.92. The van der Waals surface area contributed by atoms with Crippen LogP contribution in [0.3, 0.4) is 0 Å². The topological polar surface area (TPSA) is 85.4 Å². The van der Waals surface area contributed by atoms with E-state index in [0.29, 0.717) is 30.6 Å². The second-order valence-electron chi connectivity index (χ2n) is 7.69. The maximum absolute atomic E-state index is 14.2. The molecule has 0 radical (unpaired) electrons. The maximum atomic E-state index is 14.2. The van der Waals surface area contributed by atoms with E-state index in [1.54, 1.807) is 42.9 Å². The minimum atomic E-state index is -1.10. The molecule has 1 unspecified atom stereocenters. The Balaban J connectivity index is 1.68. The zero-order valence-corrected chi connectivity index (χ0v) is 17.1. The van der Waals surface area contributed by atoms with Crippen LogP contribution in [0.25, 0.3) is 0 Å². The molecule has 2 heterocycles. The van der Waals surface area contributed by atoms with Crippen LogP contribution in [0, 0.1) is 17.1 Å². The van der Waals surface area contributed by atoms with Crippen molar-refractivity contribution in [1.82, 2.24) is 14.5 Å². The van der Waals surface area contributed by atoms with Gasteiger partial charge in [0.2, 0.25) is 0 Å². The molecule has 1 aromatic heterocycles. The third-order valence-corrected chi connectivity index (χ3v) is 5.69. The predicted molar refractivity (Wildman–Crippen MR) is 113 cm³/mol. The summed E-state index contributed by atoms with van der Waals surface area (Å²) in [5.41, 5.74) is 3.70. The molecule has 8 heteroatoms. The number of benzene rings is 2. The number of hydrogen-bond acceptors (Lipinski definition) is 4. The van der Waals surface area contributed by atoms with Gasteiger partial charge in [0.15, 0.2) is 0 Å². The summed E-state index contributed by atoms with van der Waals surface area (Å²) in [6, 6.07) is 13.4. The lowest BCUT2D eigenvalue weighted by molar-refractivity contribution is 0.119. The SMILES string of the molecule is Cn1cncc1CN1CC(N(Cc2ccccc2F)C(=O)O)Cc2cc(C#N)ccc21. The number of hydrogen-bond donors (Lipinski definition) is 1. The Kier molecular flexibility index (Phi) is 5.58. The molecular weight excluding hydrogens is 397 g/mol. The molecule has 1 atom stereocenters. The molecular formula is C23H22FN5O2. The molecule has 0 bridgehead atoms. The number of aromatic nitrogens is 2. The van der Waals surface area contributed by atoms with E-state index in [9.17, 15) is 19.6 Å². The maximum Gasteiger partial charge on any atom is 0.407 e. The van der Waals surface area contributed by atoms with Gasteiger partial charge in [-0.15, -0.1) is 0 Å². The van der Waals surface area contributed by atoms with Crippen molar-refractivity contribution in [2.24, 2.45) is 7.05 Å². The van der Waals surface area contributed by atoms with Crippen molar-refractivity contribution in [3.63, 3.8) is 0 Å². The molecule has 1 N–H and O–H groups in total. The highest BCUT2D eigenvalue weighted by atomic mass is 19.1. The quantitative estimate of drug-likeness (QED) is 0.684. The van der Waals surface area contributed by atoms with Crippen molar-refractivity contribution < 1.29 is 14.3 Å². The van der Waals surface area contributed by atoms with E-state index in [4.69, 9.17) is 0 Å². The highest BCUT2D eigenvalue weighted by Crippen LogP contribution is 2.32. The lowest BCUT2D eigenvalue weighted by Crippen LogP contribution is -2.50. The average molecular weight is 419 g/mol. The van der Waals surface area contributed by atoms with Crippen LogP contribution in [-0.4, -0.2) is 38.2 Å². The van der Waals surface area contributed by atoms with E-state index in [0.717, 1.165) is 16.9 Å². The smallest absolute Gasteiger partial charge is 0.407 e. The molecule has 1 aliphatic heterocycles. The fraction of sp³-hybridized carbons (Fsp3) is 0.261. The summed E-state index contributed by atoms with van der Waals surface area (Å²) >= 11 is 0. The van der Waals surface area contributed by atoms with Crippen LogP contribution < -0.4 is 4.90 Å². The molecule has 0 saturated carbocycles. The van der Waals surface area contributed by atoms with Gasteiger partial charge in [-0.05, 0) is 36.2 Å². The van der Waals surface area contributed by atoms with Gasteiger partial charge in [0.1, 0.15) is 5.82 Å². The van der Waals surface area contributed by atoms with Crippen molar-refractivity contribution in [2.75, 3.05) is 11.4 Å². The number of carboxylic acid groups (broad SMARTS) is 1. The summed E-state index contributed by atoms with van der Waals surface area (Å²) in [7, 11) is 1.91. The summed E-state index contributed by atoms with van der Waals surface area (Å²) in [5, 5.41) is 19.2. The van der Waals surface area contributed by atoms with Crippen molar-refractivity contribution >= 4 is 11.8 Å². The standard InChI is InChI=1S/C23H22FN5O2/c1-27-15-26-11-20(27)14-28-13-19(9-18-8-16(10-25)6-7-22(18)28)29(23(30)31)12-17-4-2-3-5-21(17)24/h2-8,11,15,19H,9,12-14H2,1H3,(H,30,31). The van der Waals surface area contributed by atoms with Gasteiger partial charge in [0.05, 0.1) is 42.8 Å². The number of aryl methyl sites for hydroxylation is 1. The summed E-state index contributed by atoms with van der Waals surface area (Å²) in [6.07, 6.45) is 2.85. The summed E-state index contributed by atoms with van der Waals surface area (Å²) in [6.45, 7) is 0.948. The lowest BCUT2D eigenvalue weighted by Gasteiger charge is -2.40. The fourth-order valence-corrected chi connectivity index (χ4v) is 4.05. The van der Waals surface area contributed by atoms with Crippen molar-refractivity contribution in [2.45, 2.75) is 25.6 Å². The molecule has 2 aromatic carbocycles. The van der Waals surface area contributed by atoms with Gasteiger partial charge >= 0.3 is 6.09 Å². The Morgan fingerprint density at radius 1 is 1.35 bits per heavy atom. The zero-order chi connectivity index (χ0) is 22.0. The minimum absolute atomic E-state index is 0.0422. The molecule has 1 aliphatic rings. The third-order valence-electron chi connectivity index (χ3n) is 5.69. The molecule has 3 aromatic rings. The lowest BCUT2D eigenvalue weighted by atomic mass is 9.94. The van der Waals surface area contributed by atoms with Crippen LogP contribution in [0.4, 0.5) is 14.9 Å². The summed E-state index contributed by atoms with van der Waals surface area (Å²) in [4.78, 5) is 19.7. The molecule has 0 aliphatic carbocycles. The molecule has 4 rings (SSSR count). The summed E-state index contributed by atoms with van der Waals surface area (Å²) in [5.74, 6) is -0.427.